The van der Waals surface area contributed by atoms with E-state index in [4.69, 9.17) is 18.9 Å². The van der Waals surface area contributed by atoms with E-state index in [1.165, 1.54) is 141 Å². The van der Waals surface area contributed by atoms with E-state index in [-0.39, 0.29) is 32.2 Å². The lowest BCUT2D eigenvalue weighted by Crippen LogP contribution is -2.40. The van der Waals surface area contributed by atoms with Crippen molar-refractivity contribution in [2.24, 2.45) is 0 Å². The van der Waals surface area contributed by atoms with Crippen LogP contribution in [0, 0.1) is 0 Å². The SMILES string of the molecule is CC/C=C\C/C=C\C/C=C\C/C=C\C/C=C\C/C=C\CCCCCCCCCCC(=O)OC(COC(=O)CCCCCCCCCCCCCCCCCCCCCCC)COC(OCC[N+](C)(C)C)C(=O)O. The Balaban J connectivity index is 4.25. The average Bonchev–Trinajstić information content (AvgIpc) is 3.36. The molecular weight excluding hydrogens is 911 g/mol. The molecule has 73 heavy (non-hydrogen) atoms. The van der Waals surface area contributed by atoms with Gasteiger partial charge in [-0.3, -0.25) is 9.59 Å². The maximum atomic E-state index is 12.9. The lowest BCUT2D eigenvalue weighted by molar-refractivity contribution is -0.870. The molecule has 2 atom stereocenters. The van der Waals surface area contributed by atoms with Crippen molar-refractivity contribution in [3.63, 3.8) is 0 Å². The van der Waals surface area contributed by atoms with Crippen LogP contribution in [0.4, 0.5) is 0 Å². The Hall–Kier alpha value is -3.27. The van der Waals surface area contributed by atoms with Crippen molar-refractivity contribution in [1.82, 2.24) is 0 Å². The van der Waals surface area contributed by atoms with Crippen molar-refractivity contribution in [2.75, 3.05) is 47.5 Å². The van der Waals surface area contributed by atoms with Gasteiger partial charge in [0.05, 0.1) is 34.4 Å². The monoisotopic (exact) mass is 1020 g/mol. The summed E-state index contributed by atoms with van der Waals surface area (Å²) in [5.41, 5.74) is 0. The highest BCUT2D eigenvalue weighted by molar-refractivity contribution is 5.71. The van der Waals surface area contributed by atoms with Gasteiger partial charge in [0, 0.05) is 12.8 Å². The summed E-state index contributed by atoms with van der Waals surface area (Å²) < 4.78 is 22.9. The standard InChI is InChI=1S/C64H113NO8/c1-6-8-10-12-14-16-18-20-22-24-26-28-29-30-31-32-33-35-37-39-41-43-45-47-49-51-53-55-62(67)73-60(59-72-64(63(68)69)70-57-56-65(3,4)5)58-71-61(66)54-52-50-48-46-44-42-40-38-36-34-27-25-23-21-19-17-15-13-11-9-7-2/h8,10,14,16,20,22,26,28,30-31,33,35,60,64H,6-7,9,11-13,15,17-19,21,23-25,27,29,32,34,36-59H2,1-5H3/p+1/b10-8-,16-14-,22-20-,28-26-,31-30-,35-33-. The van der Waals surface area contributed by atoms with Crippen LogP contribution in [0.3, 0.4) is 0 Å². The van der Waals surface area contributed by atoms with E-state index in [1.54, 1.807) is 0 Å². The highest BCUT2D eigenvalue weighted by Gasteiger charge is 2.25. The third-order valence-corrected chi connectivity index (χ3v) is 13.0. The zero-order valence-corrected chi connectivity index (χ0v) is 48.0. The fourth-order valence-corrected chi connectivity index (χ4v) is 8.37. The van der Waals surface area contributed by atoms with Crippen molar-refractivity contribution in [2.45, 2.75) is 270 Å². The van der Waals surface area contributed by atoms with E-state index < -0.39 is 24.3 Å². The molecule has 0 aromatic carbocycles. The van der Waals surface area contributed by atoms with E-state index in [2.05, 4.69) is 86.8 Å². The minimum absolute atomic E-state index is 0.184. The zero-order chi connectivity index (χ0) is 53.4. The van der Waals surface area contributed by atoms with Crippen LogP contribution in [-0.2, 0) is 33.3 Å². The van der Waals surface area contributed by atoms with Gasteiger partial charge in [-0.2, -0.15) is 0 Å². The molecule has 422 valence electrons. The molecule has 0 fully saturated rings. The summed E-state index contributed by atoms with van der Waals surface area (Å²) >= 11 is 0. The second-order valence-electron chi connectivity index (χ2n) is 21.3. The van der Waals surface area contributed by atoms with Gasteiger partial charge in [0.2, 0.25) is 0 Å². The van der Waals surface area contributed by atoms with Crippen LogP contribution < -0.4 is 0 Å². The van der Waals surface area contributed by atoms with E-state index >= 15 is 0 Å². The van der Waals surface area contributed by atoms with E-state index in [0.717, 1.165) is 83.5 Å². The Bertz CT molecular complexity index is 1420. The number of allylic oxidation sites excluding steroid dienone is 12. The third-order valence-electron chi connectivity index (χ3n) is 13.0. The van der Waals surface area contributed by atoms with E-state index in [0.29, 0.717) is 23.9 Å². The van der Waals surface area contributed by atoms with Gasteiger partial charge in [-0.1, -0.05) is 254 Å². The topological polar surface area (TPSA) is 108 Å². The number of aliphatic carboxylic acids is 1. The third kappa shape index (κ3) is 56.3. The van der Waals surface area contributed by atoms with Crippen molar-refractivity contribution < 1.29 is 42.9 Å². The Morgan fingerprint density at radius 1 is 0.425 bits per heavy atom. The molecule has 9 nitrogen and oxygen atoms in total. The minimum atomic E-state index is -1.51. The molecule has 0 aromatic rings. The smallest absolute Gasteiger partial charge is 0.361 e. The number of esters is 2. The fourth-order valence-electron chi connectivity index (χ4n) is 8.37. The van der Waals surface area contributed by atoms with Crippen molar-refractivity contribution in [3.05, 3.63) is 72.9 Å². The molecule has 0 bridgehead atoms. The van der Waals surface area contributed by atoms with Crippen LogP contribution in [0.5, 0.6) is 0 Å². The highest BCUT2D eigenvalue weighted by atomic mass is 16.7. The molecular formula is C64H114NO8+. The number of ether oxygens (including phenoxy) is 4. The predicted molar refractivity (Wildman–Crippen MR) is 309 cm³/mol. The van der Waals surface area contributed by atoms with E-state index in [1.807, 2.05) is 21.1 Å². The molecule has 0 aliphatic rings. The van der Waals surface area contributed by atoms with Crippen LogP contribution >= 0.6 is 0 Å². The molecule has 0 aromatic heterocycles. The summed E-state index contributed by atoms with van der Waals surface area (Å²) in [5, 5.41) is 9.71. The largest absolute Gasteiger partial charge is 0.477 e. The average molecular weight is 1030 g/mol. The lowest BCUT2D eigenvalue weighted by Gasteiger charge is -2.25. The van der Waals surface area contributed by atoms with Gasteiger partial charge in [-0.15, -0.1) is 0 Å². The normalized spacial score (nSPS) is 13.3. The summed E-state index contributed by atoms with van der Waals surface area (Å²) in [6.45, 7) is 4.78. The van der Waals surface area contributed by atoms with Gasteiger partial charge in [0.25, 0.3) is 6.29 Å². The Kier molecular flexibility index (Phi) is 52.5. The summed E-state index contributed by atoms with van der Waals surface area (Å²) in [6, 6.07) is 0. The van der Waals surface area contributed by atoms with Crippen LogP contribution in [0.2, 0.25) is 0 Å². The highest BCUT2D eigenvalue weighted by Crippen LogP contribution is 2.17. The number of hydrogen-bond acceptors (Lipinski definition) is 7. The molecule has 0 spiro atoms. The molecule has 0 saturated heterocycles. The molecule has 0 aliphatic heterocycles. The van der Waals surface area contributed by atoms with Gasteiger partial charge >= 0.3 is 17.9 Å². The summed E-state index contributed by atoms with van der Waals surface area (Å²) in [4.78, 5) is 37.5. The van der Waals surface area contributed by atoms with Crippen LogP contribution in [0.25, 0.3) is 0 Å². The molecule has 0 aliphatic carbocycles. The molecule has 0 amide bonds. The van der Waals surface area contributed by atoms with Crippen molar-refractivity contribution >= 4 is 17.9 Å². The summed E-state index contributed by atoms with van der Waals surface area (Å²) in [6.07, 6.45) is 68.3. The maximum absolute atomic E-state index is 12.9. The number of rotatable bonds is 55. The van der Waals surface area contributed by atoms with Crippen LogP contribution in [0.15, 0.2) is 72.9 Å². The van der Waals surface area contributed by atoms with Gasteiger partial charge in [-0.25, -0.2) is 4.79 Å². The van der Waals surface area contributed by atoms with E-state index in [9.17, 15) is 19.5 Å². The first kappa shape index (κ1) is 69.7. The Morgan fingerprint density at radius 3 is 1.16 bits per heavy atom. The summed E-state index contributed by atoms with van der Waals surface area (Å²) in [5.74, 6) is -2.01. The molecule has 2 unspecified atom stereocenters. The molecule has 9 heteroatoms. The van der Waals surface area contributed by atoms with Gasteiger partial charge in [-0.05, 0) is 64.2 Å². The number of carboxylic acids is 1. The quantitative estimate of drug-likeness (QED) is 0.0211. The molecule has 0 rings (SSSR count). The number of quaternary nitrogens is 1. The number of carbonyl (C=O) groups excluding carboxylic acids is 2. The van der Waals surface area contributed by atoms with Crippen LogP contribution in [-0.4, -0.2) is 87.4 Å². The first-order valence-corrected chi connectivity index (χ1v) is 30.1. The molecule has 0 heterocycles. The number of nitrogens with zero attached hydrogens (tertiary/aromatic N) is 1. The second-order valence-corrected chi connectivity index (χ2v) is 21.3. The fraction of sp³-hybridized carbons (Fsp3) is 0.766. The number of hydrogen-bond donors (Lipinski definition) is 1. The second kappa shape index (κ2) is 55.0. The number of likely N-dealkylation sites (N-methyl/N-ethyl adjacent to an activating group) is 1. The summed E-state index contributed by atoms with van der Waals surface area (Å²) in [7, 11) is 5.97. The molecule has 0 radical (unpaired) electrons. The number of carboxylic acid groups (broad SMARTS) is 1. The van der Waals surface area contributed by atoms with Gasteiger partial charge in [0.1, 0.15) is 13.2 Å². The Morgan fingerprint density at radius 2 is 0.781 bits per heavy atom. The predicted octanol–water partition coefficient (Wildman–Crippen LogP) is 17.8. The molecule has 1 N–H and O–H groups in total. The van der Waals surface area contributed by atoms with Gasteiger partial charge < -0.3 is 28.5 Å². The van der Waals surface area contributed by atoms with Crippen molar-refractivity contribution in [3.8, 4) is 0 Å². The zero-order valence-electron chi connectivity index (χ0n) is 48.0. The number of unbranched alkanes of at least 4 members (excludes halogenated alkanes) is 28. The Labute approximate surface area is 449 Å². The minimum Gasteiger partial charge on any atom is -0.477 e. The van der Waals surface area contributed by atoms with Crippen LogP contribution in [0.1, 0.15) is 258 Å². The lowest BCUT2D eigenvalue weighted by atomic mass is 10.0. The molecule has 0 saturated carbocycles. The van der Waals surface area contributed by atoms with Gasteiger partial charge in [0.15, 0.2) is 6.10 Å². The first-order chi connectivity index (χ1) is 35.6. The maximum Gasteiger partial charge on any atom is 0.361 e. The van der Waals surface area contributed by atoms with Crippen molar-refractivity contribution in [1.29, 1.82) is 0 Å². The number of carbonyl (C=O) groups is 3. The first-order valence-electron chi connectivity index (χ1n) is 30.1.